The summed E-state index contributed by atoms with van der Waals surface area (Å²) in [4.78, 5) is 21.5. The molecule has 1 aromatic carbocycles. The largest absolute Gasteiger partial charge is 0.545 e. The van der Waals surface area contributed by atoms with Crippen molar-refractivity contribution in [1.29, 1.82) is 0 Å². The maximum absolute atomic E-state index is 10.7. The highest BCUT2D eigenvalue weighted by Crippen LogP contribution is 2.12. The Morgan fingerprint density at radius 2 is 1.65 bits per heavy atom. The van der Waals surface area contributed by atoms with E-state index in [0.29, 0.717) is 0 Å². The molecule has 0 spiro atoms. The van der Waals surface area contributed by atoms with Gasteiger partial charge in [0.1, 0.15) is 0 Å². The fraction of sp³-hybridized carbons (Fsp3) is 0. The third-order valence-corrected chi connectivity index (χ3v) is 2.08. The van der Waals surface area contributed by atoms with Crippen LogP contribution < -0.4 is 10.2 Å². The van der Waals surface area contributed by atoms with E-state index in [1.165, 1.54) is 29.2 Å². The van der Waals surface area contributed by atoms with Gasteiger partial charge < -0.3 is 19.8 Å². The monoisotopic (exact) mass is 231 g/mol. The number of hydrogen-bond acceptors (Lipinski definition) is 6. The second kappa shape index (κ2) is 4.05. The van der Waals surface area contributed by atoms with Crippen molar-refractivity contribution in [3.8, 4) is 5.69 Å². The van der Waals surface area contributed by atoms with Crippen molar-refractivity contribution in [2.24, 2.45) is 0 Å². The molecule has 0 unspecified atom stereocenters. The highest BCUT2D eigenvalue weighted by Gasteiger charge is 2.05. The van der Waals surface area contributed by atoms with E-state index in [0.717, 1.165) is 6.07 Å². The third kappa shape index (κ3) is 2.12. The van der Waals surface area contributed by atoms with Crippen LogP contribution >= 0.6 is 0 Å². The molecule has 1 aromatic heterocycles. The molecule has 0 aliphatic carbocycles. The first-order valence-corrected chi connectivity index (χ1v) is 4.52. The van der Waals surface area contributed by atoms with Crippen LogP contribution in [0.15, 0.2) is 30.6 Å². The molecule has 17 heavy (non-hydrogen) atoms. The Bertz CT molecular complexity index is 545. The van der Waals surface area contributed by atoms with Crippen molar-refractivity contribution >= 4 is 11.9 Å². The predicted molar refractivity (Wildman–Crippen MR) is 50.0 cm³/mol. The normalized spacial score (nSPS) is 10.1. The van der Waals surface area contributed by atoms with Gasteiger partial charge in [-0.05, 0) is 29.3 Å². The summed E-state index contributed by atoms with van der Waals surface area (Å²) >= 11 is 0. The molecule has 0 radical (unpaired) electrons. The van der Waals surface area contributed by atoms with Gasteiger partial charge in [0.05, 0.1) is 30.0 Å². The summed E-state index contributed by atoms with van der Waals surface area (Å²) in [5.74, 6) is -2.95. The fourth-order valence-corrected chi connectivity index (χ4v) is 1.33. The summed E-state index contributed by atoms with van der Waals surface area (Å²) in [6.45, 7) is 0. The molecular weight excluding hydrogens is 226 g/mol. The summed E-state index contributed by atoms with van der Waals surface area (Å²) in [5.41, 5.74) is -0.280. The minimum Gasteiger partial charge on any atom is -0.545 e. The Kier molecular flexibility index (Phi) is 2.57. The van der Waals surface area contributed by atoms with E-state index >= 15 is 0 Å². The van der Waals surface area contributed by atoms with Gasteiger partial charge >= 0.3 is 0 Å². The zero-order valence-electron chi connectivity index (χ0n) is 8.36. The summed E-state index contributed by atoms with van der Waals surface area (Å²) in [6, 6.07) is 3.43. The molecule has 7 nitrogen and oxygen atoms in total. The highest BCUT2D eigenvalue weighted by molar-refractivity contribution is 5.93. The Balaban J connectivity index is 2.60. The predicted octanol–water partition coefficient (Wildman–Crippen LogP) is -2.01. The molecule has 0 bridgehead atoms. The smallest absolute Gasteiger partial charge is 0.0716 e. The van der Waals surface area contributed by atoms with Crippen LogP contribution in [0.2, 0.25) is 0 Å². The number of carbonyl (C=O) groups is 2. The molecule has 1 heterocycles. The van der Waals surface area contributed by atoms with Crippen LogP contribution in [-0.4, -0.2) is 26.9 Å². The molecule has 2 rings (SSSR count). The van der Waals surface area contributed by atoms with Crippen LogP contribution in [0.1, 0.15) is 20.7 Å². The molecule has 0 atom stereocenters. The van der Waals surface area contributed by atoms with Gasteiger partial charge in [-0.2, -0.15) is 0 Å². The lowest BCUT2D eigenvalue weighted by Gasteiger charge is -2.10. The number of hydrogen-bond donors (Lipinski definition) is 0. The van der Waals surface area contributed by atoms with E-state index in [4.69, 9.17) is 0 Å². The molecule has 0 aliphatic heterocycles. The number of carbonyl (C=O) groups excluding carboxylic acids is 2. The quantitative estimate of drug-likeness (QED) is 0.603. The van der Waals surface area contributed by atoms with Crippen molar-refractivity contribution < 1.29 is 19.8 Å². The fourth-order valence-electron chi connectivity index (χ4n) is 1.33. The van der Waals surface area contributed by atoms with Crippen LogP contribution in [0, 0.1) is 0 Å². The molecule has 0 N–H and O–H groups in total. The second-order valence-corrected chi connectivity index (χ2v) is 3.19. The van der Waals surface area contributed by atoms with E-state index in [9.17, 15) is 19.8 Å². The topological polar surface area (TPSA) is 111 Å². The van der Waals surface area contributed by atoms with Crippen LogP contribution in [0.5, 0.6) is 0 Å². The zero-order valence-corrected chi connectivity index (χ0v) is 8.36. The van der Waals surface area contributed by atoms with E-state index in [1.54, 1.807) is 0 Å². The van der Waals surface area contributed by atoms with Crippen LogP contribution in [0.4, 0.5) is 0 Å². The molecule has 0 aliphatic rings. The summed E-state index contributed by atoms with van der Waals surface area (Å²) < 4.78 is 1.23. The Morgan fingerprint density at radius 3 is 2.06 bits per heavy atom. The van der Waals surface area contributed by atoms with Crippen molar-refractivity contribution in [3.63, 3.8) is 0 Å². The van der Waals surface area contributed by atoms with Crippen molar-refractivity contribution in [2.75, 3.05) is 0 Å². The van der Waals surface area contributed by atoms with E-state index in [-0.39, 0.29) is 16.8 Å². The van der Waals surface area contributed by atoms with Gasteiger partial charge in [-0.3, -0.25) is 0 Å². The van der Waals surface area contributed by atoms with Gasteiger partial charge in [0.15, 0.2) is 0 Å². The SMILES string of the molecule is O=C([O-])c1cc(C(=O)[O-])cc(-n2ccnn2)c1. The Hall–Kier alpha value is -2.70. The number of rotatable bonds is 3. The first kappa shape index (κ1) is 10.8. The summed E-state index contributed by atoms with van der Waals surface area (Å²) in [5, 5.41) is 28.6. The number of aromatic nitrogens is 3. The number of carboxylic acid groups (broad SMARTS) is 2. The lowest BCUT2D eigenvalue weighted by atomic mass is 10.1. The molecule has 0 saturated carbocycles. The average Bonchev–Trinajstić information content (AvgIpc) is 2.81. The maximum atomic E-state index is 10.7. The standard InChI is InChI=1S/C10H7N3O4/c14-9(15)6-3-7(10(16)17)5-8(4-6)13-2-1-11-12-13/h1-5H,(H,14,15)(H,16,17)/p-2. The van der Waals surface area contributed by atoms with Gasteiger partial charge in [0, 0.05) is 0 Å². The lowest BCUT2D eigenvalue weighted by Crippen LogP contribution is -2.26. The Labute approximate surface area is 94.9 Å². The van der Waals surface area contributed by atoms with E-state index in [1.807, 2.05) is 0 Å². The summed E-state index contributed by atoms with van der Waals surface area (Å²) in [7, 11) is 0. The second-order valence-electron chi connectivity index (χ2n) is 3.19. The van der Waals surface area contributed by atoms with E-state index in [2.05, 4.69) is 10.3 Å². The number of benzene rings is 1. The molecule has 86 valence electrons. The van der Waals surface area contributed by atoms with Gasteiger partial charge in [-0.15, -0.1) is 5.10 Å². The minimum atomic E-state index is -1.48. The molecule has 0 fully saturated rings. The zero-order chi connectivity index (χ0) is 12.4. The van der Waals surface area contributed by atoms with Crippen molar-refractivity contribution in [2.45, 2.75) is 0 Å². The number of nitrogens with zero attached hydrogens (tertiary/aromatic N) is 3. The molecule has 0 amide bonds. The van der Waals surface area contributed by atoms with Crippen molar-refractivity contribution in [1.82, 2.24) is 15.0 Å². The molecule has 2 aromatic rings. The van der Waals surface area contributed by atoms with Gasteiger partial charge in [0.2, 0.25) is 0 Å². The van der Waals surface area contributed by atoms with Crippen LogP contribution in [-0.2, 0) is 0 Å². The Morgan fingerprint density at radius 1 is 1.06 bits per heavy atom. The van der Waals surface area contributed by atoms with Crippen LogP contribution in [0.3, 0.4) is 0 Å². The van der Waals surface area contributed by atoms with E-state index < -0.39 is 11.9 Å². The average molecular weight is 231 g/mol. The maximum Gasteiger partial charge on any atom is 0.0716 e. The van der Waals surface area contributed by atoms with Gasteiger partial charge in [-0.25, -0.2) is 4.68 Å². The third-order valence-electron chi connectivity index (χ3n) is 2.08. The first-order chi connectivity index (χ1) is 8.08. The number of carboxylic acids is 2. The van der Waals surface area contributed by atoms with Gasteiger partial charge in [0.25, 0.3) is 0 Å². The van der Waals surface area contributed by atoms with Gasteiger partial charge in [-0.1, -0.05) is 5.21 Å². The summed E-state index contributed by atoms with van der Waals surface area (Å²) in [6.07, 6.45) is 2.83. The highest BCUT2D eigenvalue weighted by atomic mass is 16.4. The lowest BCUT2D eigenvalue weighted by molar-refractivity contribution is -0.255. The molecular formula is C10H5N3O4-2. The van der Waals surface area contributed by atoms with Crippen molar-refractivity contribution in [3.05, 3.63) is 41.7 Å². The molecule has 7 heteroatoms. The first-order valence-electron chi connectivity index (χ1n) is 4.52. The van der Waals surface area contributed by atoms with Crippen LogP contribution in [0.25, 0.3) is 5.69 Å². The number of aromatic carboxylic acids is 2. The minimum absolute atomic E-state index is 0.253. The molecule has 0 saturated heterocycles.